The van der Waals surface area contributed by atoms with Gasteiger partial charge in [-0.2, -0.15) is 0 Å². The normalized spacial score (nSPS) is 21.2. The van der Waals surface area contributed by atoms with Crippen LogP contribution in [0.5, 0.6) is 0 Å². The minimum absolute atomic E-state index is 0.0846. The van der Waals surface area contributed by atoms with Crippen LogP contribution in [0, 0.1) is 12.8 Å². The molecule has 3 heterocycles. The van der Waals surface area contributed by atoms with E-state index in [1.165, 1.54) is 11.8 Å². The maximum Gasteiger partial charge on any atom is 0.258 e. The molecule has 0 saturated carbocycles. The smallest absolute Gasteiger partial charge is 0.258 e. The number of carbonyl (C=O) groups is 1. The summed E-state index contributed by atoms with van der Waals surface area (Å²) in [6.45, 7) is 4.96. The number of aryl methyl sites for hydroxylation is 1. The highest BCUT2D eigenvalue weighted by atomic mass is 32.2. The molecule has 3 rings (SSSR count). The van der Waals surface area contributed by atoms with E-state index in [0.29, 0.717) is 52.5 Å². The summed E-state index contributed by atoms with van der Waals surface area (Å²) in [5.74, 6) is 2.36. The first-order valence-corrected chi connectivity index (χ1v) is 10.8. The lowest BCUT2D eigenvalue weighted by atomic mass is 10.1. The molecule has 0 aliphatic carbocycles. The molecule has 1 fully saturated rings. The lowest BCUT2D eigenvalue weighted by Crippen LogP contribution is -2.36. The van der Waals surface area contributed by atoms with Gasteiger partial charge in [0, 0.05) is 35.4 Å². The van der Waals surface area contributed by atoms with Crippen molar-refractivity contribution in [2.75, 3.05) is 30.9 Å². The number of hydrogen-bond donors (Lipinski definition) is 0. The van der Waals surface area contributed by atoms with E-state index in [2.05, 4.69) is 9.97 Å². The van der Waals surface area contributed by atoms with Crippen LogP contribution in [0.3, 0.4) is 0 Å². The molecule has 134 valence electrons. The van der Waals surface area contributed by atoms with E-state index in [1.807, 2.05) is 20.1 Å². The topological polar surface area (TPSA) is 76.3 Å². The molecule has 2 aromatic heterocycles. The predicted octanol–water partition coefficient (Wildman–Crippen LogP) is 2.61. The molecule has 0 radical (unpaired) electrons. The first-order valence-electron chi connectivity index (χ1n) is 8.10. The molecule has 8 heteroatoms. The van der Waals surface area contributed by atoms with Crippen LogP contribution in [-0.4, -0.2) is 55.8 Å². The second-order valence-electron chi connectivity index (χ2n) is 6.16. The van der Waals surface area contributed by atoms with Gasteiger partial charge in [-0.15, -0.1) is 11.8 Å². The second-order valence-corrected chi connectivity index (χ2v) is 8.58. The van der Waals surface area contributed by atoms with Gasteiger partial charge in [0.15, 0.2) is 11.6 Å². The largest absolute Gasteiger partial charge is 0.461 e. The average molecular weight is 380 g/mol. The lowest BCUT2D eigenvalue weighted by Gasteiger charge is -2.23. The van der Waals surface area contributed by atoms with Gasteiger partial charge >= 0.3 is 0 Å². The van der Waals surface area contributed by atoms with E-state index in [9.17, 15) is 9.00 Å². The molecule has 1 aliphatic rings. The van der Waals surface area contributed by atoms with Gasteiger partial charge in [-0.05, 0) is 31.2 Å². The Bertz CT molecular complexity index is 793. The summed E-state index contributed by atoms with van der Waals surface area (Å²) in [7, 11) is -0.861. The quantitative estimate of drug-likeness (QED) is 0.603. The van der Waals surface area contributed by atoms with Crippen LogP contribution in [-0.2, 0) is 10.8 Å². The summed E-state index contributed by atoms with van der Waals surface area (Å²) < 4.78 is 17.3. The van der Waals surface area contributed by atoms with Gasteiger partial charge in [0.25, 0.3) is 5.91 Å². The van der Waals surface area contributed by atoms with Crippen LogP contribution in [0.1, 0.15) is 23.0 Å². The number of aromatic nitrogens is 2. The Morgan fingerprint density at radius 3 is 2.92 bits per heavy atom. The van der Waals surface area contributed by atoms with Gasteiger partial charge in [-0.25, -0.2) is 9.97 Å². The van der Waals surface area contributed by atoms with E-state index >= 15 is 0 Å². The monoisotopic (exact) mass is 379 g/mol. The Labute approximate surface area is 153 Å². The summed E-state index contributed by atoms with van der Waals surface area (Å²) in [6, 6.07) is 3.58. The van der Waals surface area contributed by atoms with Gasteiger partial charge in [-0.3, -0.25) is 9.00 Å². The fourth-order valence-electron chi connectivity index (χ4n) is 2.93. The Morgan fingerprint density at radius 2 is 2.24 bits per heavy atom. The molecule has 0 unspecified atom stereocenters. The highest BCUT2D eigenvalue weighted by Crippen LogP contribution is 2.26. The first-order chi connectivity index (χ1) is 12.0. The molecular weight excluding hydrogens is 358 g/mol. The molecule has 0 spiro atoms. The van der Waals surface area contributed by atoms with Crippen LogP contribution < -0.4 is 0 Å². The third-order valence-corrected chi connectivity index (χ3v) is 6.34. The van der Waals surface area contributed by atoms with Gasteiger partial charge in [-0.1, -0.05) is 6.92 Å². The number of nitrogens with zero attached hydrogens (tertiary/aromatic N) is 3. The minimum atomic E-state index is -0.861. The maximum absolute atomic E-state index is 13.1. The maximum atomic E-state index is 13.1. The molecular formula is C17H21N3O3S2. The molecule has 0 N–H and O–H groups in total. The van der Waals surface area contributed by atoms with Crippen molar-refractivity contribution in [3.05, 3.63) is 29.7 Å². The number of carbonyl (C=O) groups excluding carboxylic acids is 1. The Balaban J connectivity index is 1.95. The minimum Gasteiger partial charge on any atom is -0.461 e. The van der Waals surface area contributed by atoms with Crippen molar-refractivity contribution in [1.29, 1.82) is 0 Å². The number of furan rings is 1. The third kappa shape index (κ3) is 3.95. The average Bonchev–Trinajstić information content (AvgIpc) is 3.05. The van der Waals surface area contributed by atoms with Crippen molar-refractivity contribution in [3.8, 4) is 11.6 Å². The van der Waals surface area contributed by atoms with Crippen molar-refractivity contribution < 1.29 is 13.4 Å². The van der Waals surface area contributed by atoms with Crippen LogP contribution in [0.4, 0.5) is 0 Å². The van der Waals surface area contributed by atoms with Crippen molar-refractivity contribution in [2.45, 2.75) is 18.9 Å². The summed E-state index contributed by atoms with van der Waals surface area (Å²) in [6.07, 6.45) is 3.47. The van der Waals surface area contributed by atoms with Crippen molar-refractivity contribution in [2.24, 2.45) is 5.92 Å². The molecule has 0 aromatic carbocycles. The molecule has 0 bridgehead atoms. The molecule has 1 aliphatic heterocycles. The van der Waals surface area contributed by atoms with Gasteiger partial charge in [0.05, 0.1) is 17.5 Å². The SMILES string of the molecule is CSc1nc(-c2ccco2)nc(C)c1C(=O)N1CC[S@](=O)C[C@H](C)C1. The molecule has 2 atom stereocenters. The van der Waals surface area contributed by atoms with Gasteiger partial charge in [0.2, 0.25) is 0 Å². The summed E-state index contributed by atoms with van der Waals surface area (Å²) >= 11 is 1.42. The number of hydrogen-bond acceptors (Lipinski definition) is 6. The third-order valence-electron chi connectivity index (χ3n) is 4.08. The zero-order chi connectivity index (χ0) is 18.0. The van der Waals surface area contributed by atoms with Crippen molar-refractivity contribution in [3.63, 3.8) is 0 Å². The van der Waals surface area contributed by atoms with Crippen molar-refractivity contribution in [1.82, 2.24) is 14.9 Å². The van der Waals surface area contributed by atoms with Crippen LogP contribution in [0.2, 0.25) is 0 Å². The van der Waals surface area contributed by atoms with Crippen LogP contribution in [0.15, 0.2) is 27.8 Å². The van der Waals surface area contributed by atoms with Gasteiger partial charge < -0.3 is 9.32 Å². The predicted molar refractivity (Wildman–Crippen MR) is 99.2 cm³/mol. The fraction of sp³-hybridized carbons (Fsp3) is 0.471. The molecule has 2 aromatic rings. The van der Waals surface area contributed by atoms with E-state index in [0.717, 1.165) is 0 Å². The van der Waals surface area contributed by atoms with Gasteiger partial charge in [0.1, 0.15) is 5.03 Å². The fourth-order valence-corrected chi connectivity index (χ4v) is 4.88. The zero-order valence-corrected chi connectivity index (χ0v) is 16.2. The van der Waals surface area contributed by atoms with E-state index < -0.39 is 10.8 Å². The Hall–Kier alpha value is -1.67. The molecule has 1 amide bonds. The van der Waals surface area contributed by atoms with E-state index in [1.54, 1.807) is 23.3 Å². The highest BCUT2D eigenvalue weighted by Gasteiger charge is 2.28. The van der Waals surface area contributed by atoms with Crippen LogP contribution in [0.25, 0.3) is 11.6 Å². The Morgan fingerprint density at radius 1 is 1.44 bits per heavy atom. The molecule has 25 heavy (non-hydrogen) atoms. The van der Waals surface area contributed by atoms with Crippen LogP contribution >= 0.6 is 11.8 Å². The lowest BCUT2D eigenvalue weighted by molar-refractivity contribution is 0.0746. The number of rotatable bonds is 3. The number of amides is 1. The number of thioether (sulfide) groups is 1. The highest BCUT2D eigenvalue weighted by molar-refractivity contribution is 7.98. The summed E-state index contributed by atoms with van der Waals surface area (Å²) in [4.78, 5) is 23.9. The molecule has 6 nitrogen and oxygen atoms in total. The summed E-state index contributed by atoms with van der Waals surface area (Å²) in [5, 5.41) is 0.641. The van der Waals surface area contributed by atoms with E-state index in [4.69, 9.17) is 4.42 Å². The Kier molecular flexibility index (Phi) is 5.58. The van der Waals surface area contributed by atoms with Crippen molar-refractivity contribution >= 4 is 28.5 Å². The summed E-state index contributed by atoms with van der Waals surface area (Å²) in [5.41, 5.74) is 1.16. The second kappa shape index (κ2) is 7.70. The molecule has 1 saturated heterocycles. The van der Waals surface area contributed by atoms with E-state index in [-0.39, 0.29) is 11.8 Å². The first kappa shape index (κ1) is 18.1. The standard InChI is InChI=1S/C17H21N3O3S2/c1-11-9-20(6-8-25(22)10-11)17(21)14-12(2)18-15(19-16(14)24-3)13-5-4-7-23-13/h4-5,7,11H,6,8-10H2,1-3H3/t11-,25+/m1/s1. The zero-order valence-electron chi connectivity index (χ0n) is 14.5.